The van der Waals surface area contributed by atoms with Gasteiger partial charge in [-0.25, -0.2) is 0 Å². The maximum absolute atomic E-state index is 12.3. The SMILES string of the molecule is O=C(CSc1nnc(C2CC2)n1Cc1ccco1)Nc1cccc(I)c1. The van der Waals surface area contributed by atoms with E-state index in [1.54, 1.807) is 6.26 Å². The summed E-state index contributed by atoms with van der Waals surface area (Å²) in [5.74, 6) is 2.55. The fraction of sp³-hybridized carbons (Fsp3) is 0.278. The van der Waals surface area contributed by atoms with Crippen molar-refractivity contribution in [2.45, 2.75) is 30.5 Å². The molecular weight excluding hydrogens is 463 g/mol. The number of thioether (sulfide) groups is 1. The van der Waals surface area contributed by atoms with Crippen LogP contribution in [0.1, 0.15) is 30.3 Å². The molecule has 0 bridgehead atoms. The van der Waals surface area contributed by atoms with E-state index in [1.165, 1.54) is 11.8 Å². The number of halogens is 1. The number of carbonyl (C=O) groups is 1. The average Bonchev–Trinajstić information content (AvgIpc) is 3.18. The van der Waals surface area contributed by atoms with Gasteiger partial charge in [0.25, 0.3) is 0 Å². The van der Waals surface area contributed by atoms with Crippen LogP contribution in [0.5, 0.6) is 0 Å². The van der Waals surface area contributed by atoms with Gasteiger partial charge >= 0.3 is 0 Å². The Labute approximate surface area is 168 Å². The highest BCUT2D eigenvalue weighted by Crippen LogP contribution is 2.40. The third-order valence-corrected chi connectivity index (χ3v) is 5.66. The Bertz CT molecular complexity index is 906. The van der Waals surface area contributed by atoms with Crippen LogP contribution in [-0.4, -0.2) is 26.4 Å². The first-order chi connectivity index (χ1) is 12.7. The Balaban J connectivity index is 1.43. The van der Waals surface area contributed by atoms with Gasteiger partial charge in [-0.2, -0.15) is 0 Å². The highest BCUT2D eigenvalue weighted by atomic mass is 127. The fourth-order valence-corrected chi connectivity index (χ4v) is 3.94. The molecule has 2 aromatic heterocycles. The number of anilines is 1. The van der Waals surface area contributed by atoms with Crippen LogP contribution in [-0.2, 0) is 11.3 Å². The number of amides is 1. The summed E-state index contributed by atoms with van der Waals surface area (Å²) in [5.41, 5.74) is 0.804. The molecule has 1 amide bonds. The van der Waals surface area contributed by atoms with Gasteiger partial charge in [-0.05, 0) is 65.8 Å². The molecule has 0 aliphatic heterocycles. The normalized spacial score (nSPS) is 13.7. The number of aromatic nitrogens is 3. The molecule has 1 aliphatic rings. The number of nitrogens with zero attached hydrogens (tertiary/aromatic N) is 3. The van der Waals surface area contributed by atoms with Crippen molar-refractivity contribution in [3.8, 4) is 0 Å². The first-order valence-corrected chi connectivity index (χ1v) is 10.4. The number of furan rings is 1. The van der Waals surface area contributed by atoms with E-state index < -0.39 is 0 Å². The van der Waals surface area contributed by atoms with E-state index in [1.807, 2.05) is 36.4 Å². The molecule has 6 nitrogen and oxygen atoms in total. The predicted octanol–water partition coefficient (Wildman–Crippen LogP) is 4.13. The molecule has 134 valence electrons. The summed E-state index contributed by atoms with van der Waals surface area (Å²) in [6, 6.07) is 11.5. The molecule has 0 radical (unpaired) electrons. The first kappa shape index (κ1) is 17.6. The number of nitrogens with one attached hydrogen (secondary N) is 1. The van der Waals surface area contributed by atoms with Gasteiger partial charge in [0.1, 0.15) is 11.6 Å². The number of hydrogen-bond donors (Lipinski definition) is 1. The molecule has 8 heteroatoms. The molecule has 1 aromatic carbocycles. The van der Waals surface area contributed by atoms with E-state index in [0.717, 1.165) is 38.8 Å². The van der Waals surface area contributed by atoms with Crippen LogP contribution in [0.4, 0.5) is 5.69 Å². The molecule has 1 N–H and O–H groups in total. The van der Waals surface area contributed by atoms with Crippen LogP contribution < -0.4 is 5.32 Å². The van der Waals surface area contributed by atoms with E-state index >= 15 is 0 Å². The maximum atomic E-state index is 12.3. The van der Waals surface area contributed by atoms with Crippen molar-refractivity contribution < 1.29 is 9.21 Å². The minimum absolute atomic E-state index is 0.0579. The average molecular weight is 480 g/mol. The minimum atomic E-state index is -0.0579. The quantitative estimate of drug-likeness (QED) is 0.407. The lowest BCUT2D eigenvalue weighted by Gasteiger charge is -2.08. The van der Waals surface area contributed by atoms with Crippen molar-refractivity contribution in [2.24, 2.45) is 0 Å². The highest BCUT2D eigenvalue weighted by Gasteiger charge is 2.30. The van der Waals surface area contributed by atoms with Crippen LogP contribution in [0.25, 0.3) is 0 Å². The molecule has 4 rings (SSSR count). The molecule has 3 aromatic rings. The Morgan fingerprint density at radius 1 is 1.31 bits per heavy atom. The largest absolute Gasteiger partial charge is 0.467 e. The standard InChI is InChI=1S/C18H17IN4O2S/c19-13-3-1-4-14(9-13)20-16(24)11-26-18-22-21-17(12-6-7-12)23(18)10-15-5-2-8-25-15/h1-5,8-9,12H,6-7,10-11H2,(H,20,24). The molecule has 1 saturated carbocycles. The van der Waals surface area contributed by atoms with E-state index in [2.05, 4.69) is 42.7 Å². The van der Waals surface area contributed by atoms with Gasteiger partial charge in [-0.3, -0.25) is 9.36 Å². The second kappa shape index (κ2) is 7.83. The van der Waals surface area contributed by atoms with E-state index in [0.29, 0.717) is 12.5 Å². The van der Waals surface area contributed by atoms with Gasteiger partial charge in [0.15, 0.2) is 5.16 Å². The highest BCUT2D eigenvalue weighted by molar-refractivity contribution is 14.1. The molecule has 0 atom stereocenters. The van der Waals surface area contributed by atoms with E-state index in [9.17, 15) is 4.79 Å². The molecular formula is C18H17IN4O2S. The van der Waals surface area contributed by atoms with E-state index in [-0.39, 0.29) is 11.7 Å². The Hall–Kier alpha value is -1.81. The van der Waals surface area contributed by atoms with Crippen molar-refractivity contribution in [3.63, 3.8) is 0 Å². The minimum Gasteiger partial charge on any atom is -0.467 e. The zero-order chi connectivity index (χ0) is 17.9. The maximum Gasteiger partial charge on any atom is 0.234 e. The smallest absolute Gasteiger partial charge is 0.234 e. The van der Waals surface area contributed by atoms with E-state index in [4.69, 9.17) is 4.42 Å². The number of hydrogen-bond acceptors (Lipinski definition) is 5. The summed E-state index contributed by atoms with van der Waals surface area (Å²) in [4.78, 5) is 12.3. The van der Waals surface area contributed by atoms with Crippen molar-refractivity contribution in [3.05, 3.63) is 57.8 Å². The second-order valence-corrected chi connectivity index (χ2v) is 8.32. The van der Waals surface area contributed by atoms with Gasteiger partial charge in [0.05, 0.1) is 18.6 Å². The molecule has 0 unspecified atom stereocenters. The van der Waals surface area contributed by atoms with Crippen LogP contribution >= 0.6 is 34.4 Å². The van der Waals surface area contributed by atoms with Gasteiger partial charge in [0.2, 0.25) is 5.91 Å². The van der Waals surface area contributed by atoms with Gasteiger partial charge < -0.3 is 9.73 Å². The topological polar surface area (TPSA) is 73.0 Å². The third-order valence-electron chi connectivity index (χ3n) is 4.02. The lowest BCUT2D eigenvalue weighted by molar-refractivity contribution is -0.113. The Morgan fingerprint density at radius 3 is 2.92 bits per heavy atom. The molecule has 1 aliphatic carbocycles. The Kier molecular flexibility index (Phi) is 5.30. The summed E-state index contributed by atoms with van der Waals surface area (Å²) < 4.78 is 8.62. The number of rotatable bonds is 7. The summed E-state index contributed by atoms with van der Waals surface area (Å²) in [5, 5.41) is 12.3. The van der Waals surface area contributed by atoms with Crippen molar-refractivity contribution in [1.82, 2.24) is 14.8 Å². The number of carbonyl (C=O) groups excluding carboxylic acids is 1. The molecule has 0 saturated heterocycles. The third kappa shape index (κ3) is 4.29. The van der Waals surface area contributed by atoms with Crippen LogP contribution in [0, 0.1) is 3.57 Å². The summed E-state index contributed by atoms with van der Waals surface area (Å²) in [6.45, 7) is 0.590. The van der Waals surface area contributed by atoms with Crippen LogP contribution in [0.15, 0.2) is 52.2 Å². The van der Waals surface area contributed by atoms with Gasteiger partial charge in [-0.15, -0.1) is 10.2 Å². The summed E-state index contributed by atoms with van der Waals surface area (Å²) in [6.07, 6.45) is 3.96. The number of benzene rings is 1. The monoisotopic (exact) mass is 480 g/mol. The van der Waals surface area contributed by atoms with Crippen molar-refractivity contribution in [1.29, 1.82) is 0 Å². The van der Waals surface area contributed by atoms with Crippen LogP contribution in [0.3, 0.4) is 0 Å². The molecule has 1 fully saturated rings. The van der Waals surface area contributed by atoms with Crippen molar-refractivity contribution >= 4 is 45.9 Å². The summed E-state index contributed by atoms with van der Waals surface area (Å²) >= 11 is 3.63. The summed E-state index contributed by atoms with van der Waals surface area (Å²) in [7, 11) is 0. The first-order valence-electron chi connectivity index (χ1n) is 8.33. The van der Waals surface area contributed by atoms with Crippen LogP contribution in [0.2, 0.25) is 0 Å². The molecule has 2 heterocycles. The zero-order valence-electron chi connectivity index (χ0n) is 13.9. The molecule has 26 heavy (non-hydrogen) atoms. The lowest BCUT2D eigenvalue weighted by atomic mass is 10.3. The zero-order valence-corrected chi connectivity index (χ0v) is 16.9. The van der Waals surface area contributed by atoms with Gasteiger partial charge in [0, 0.05) is 15.2 Å². The predicted molar refractivity (Wildman–Crippen MR) is 108 cm³/mol. The molecule has 0 spiro atoms. The lowest BCUT2D eigenvalue weighted by Crippen LogP contribution is -2.15. The second-order valence-electron chi connectivity index (χ2n) is 6.13. The fourth-order valence-electron chi connectivity index (χ4n) is 2.65. The van der Waals surface area contributed by atoms with Gasteiger partial charge in [-0.1, -0.05) is 17.8 Å². The van der Waals surface area contributed by atoms with Crippen molar-refractivity contribution in [2.75, 3.05) is 11.1 Å². The Morgan fingerprint density at radius 2 is 2.19 bits per heavy atom.